The molecular weight excluding hydrogens is 442 g/mol. The molecule has 3 aromatic carbocycles. The number of imidazole rings is 1. The summed E-state index contributed by atoms with van der Waals surface area (Å²) in [7, 11) is -2.54. The van der Waals surface area contributed by atoms with E-state index in [2.05, 4.69) is 4.98 Å². The molecule has 0 fully saturated rings. The Balaban J connectivity index is 1.46. The normalized spacial score (nSPS) is 11.4. The first kappa shape index (κ1) is 22.3. The number of aromatic amines is 1. The van der Waals surface area contributed by atoms with Gasteiger partial charge in [-0.2, -0.15) is 0 Å². The van der Waals surface area contributed by atoms with Gasteiger partial charge in [-0.3, -0.25) is 8.87 Å². The van der Waals surface area contributed by atoms with Gasteiger partial charge in [0.2, 0.25) is 0 Å². The van der Waals surface area contributed by atoms with E-state index in [4.69, 9.17) is 4.74 Å². The summed E-state index contributed by atoms with van der Waals surface area (Å²) >= 11 is 0. The van der Waals surface area contributed by atoms with Crippen molar-refractivity contribution in [3.63, 3.8) is 0 Å². The molecule has 8 nitrogen and oxygen atoms in total. The Hall–Kier alpha value is -3.85. The van der Waals surface area contributed by atoms with E-state index in [1.807, 2.05) is 24.3 Å². The number of hydrogen-bond donors (Lipinski definition) is 1. The van der Waals surface area contributed by atoms with Crippen LogP contribution in [0.25, 0.3) is 11.0 Å². The molecule has 1 aromatic heterocycles. The lowest BCUT2D eigenvalue weighted by Gasteiger charge is -2.20. The summed E-state index contributed by atoms with van der Waals surface area (Å²) in [5, 5.41) is 0. The number of carbonyl (C=O) groups excluding carboxylic acids is 1. The molecule has 0 unspecified atom stereocenters. The van der Waals surface area contributed by atoms with Crippen LogP contribution in [0.2, 0.25) is 0 Å². The third-order valence-corrected chi connectivity index (χ3v) is 7.15. The monoisotopic (exact) mass is 465 g/mol. The van der Waals surface area contributed by atoms with E-state index < -0.39 is 16.0 Å². The van der Waals surface area contributed by atoms with E-state index in [0.717, 1.165) is 15.3 Å². The van der Waals surface area contributed by atoms with Crippen LogP contribution in [0.4, 0.5) is 5.69 Å². The first-order valence-corrected chi connectivity index (χ1v) is 11.8. The van der Waals surface area contributed by atoms with Crippen molar-refractivity contribution < 1.29 is 17.9 Å². The fraction of sp³-hybridized carbons (Fsp3) is 0.167. The quantitative estimate of drug-likeness (QED) is 0.317. The van der Waals surface area contributed by atoms with Gasteiger partial charge in [-0.15, -0.1) is 0 Å². The Bertz CT molecular complexity index is 1440. The van der Waals surface area contributed by atoms with Gasteiger partial charge in [-0.05, 0) is 42.8 Å². The van der Waals surface area contributed by atoms with Crippen LogP contribution >= 0.6 is 0 Å². The van der Waals surface area contributed by atoms with Gasteiger partial charge in [0.1, 0.15) is 4.90 Å². The van der Waals surface area contributed by atoms with E-state index in [-0.39, 0.29) is 22.8 Å². The molecule has 0 saturated carbocycles. The SMILES string of the molecule is CN(c1ccccc1)S(=O)(=O)c1ccccc1C(=O)OCCCn1c(=O)[nH]c2ccccc21. The number of esters is 1. The molecule has 0 spiro atoms. The zero-order valence-corrected chi connectivity index (χ0v) is 18.8. The first-order chi connectivity index (χ1) is 15.9. The standard InChI is InChI=1S/C24H23N3O5S/c1-26(18-10-3-2-4-11-18)33(30,31)22-15-8-5-12-19(22)23(28)32-17-9-16-27-21-14-7-6-13-20(21)25-24(27)29/h2-8,10-15H,9,16-17H2,1H3,(H,25,29). The smallest absolute Gasteiger partial charge is 0.339 e. The molecule has 170 valence electrons. The Morgan fingerprint density at radius 1 is 0.970 bits per heavy atom. The minimum Gasteiger partial charge on any atom is -0.462 e. The second-order valence-electron chi connectivity index (χ2n) is 7.39. The van der Waals surface area contributed by atoms with Crippen molar-refractivity contribution in [2.24, 2.45) is 0 Å². The van der Waals surface area contributed by atoms with E-state index >= 15 is 0 Å². The maximum absolute atomic E-state index is 13.2. The number of benzene rings is 3. The summed E-state index contributed by atoms with van der Waals surface area (Å²) in [6, 6.07) is 21.9. The summed E-state index contributed by atoms with van der Waals surface area (Å²) in [6.45, 7) is 0.389. The number of rotatable bonds is 8. The molecule has 0 radical (unpaired) electrons. The summed E-state index contributed by atoms with van der Waals surface area (Å²) in [6.07, 6.45) is 0.395. The van der Waals surface area contributed by atoms with Gasteiger partial charge in [0.25, 0.3) is 10.0 Å². The lowest BCUT2D eigenvalue weighted by atomic mass is 10.2. The van der Waals surface area contributed by atoms with E-state index in [1.54, 1.807) is 47.0 Å². The summed E-state index contributed by atoms with van der Waals surface area (Å²) in [4.78, 5) is 27.5. The summed E-state index contributed by atoms with van der Waals surface area (Å²) in [5.74, 6) is -0.734. The first-order valence-electron chi connectivity index (χ1n) is 10.4. The van der Waals surface area contributed by atoms with Gasteiger partial charge in [-0.1, -0.05) is 42.5 Å². The molecule has 0 aliphatic rings. The minimum absolute atomic E-state index is 0.0354. The molecule has 0 saturated heterocycles. The van der Waals surface area contributed by atoms with Gasteiger partial charge < -0.3 is 9.72 Å². The molecular formula is C24H23N3O5S. The van der Waals surface area contributed by atoms with Crippen molar-refractivity contribution in [2.45, 2.75) is 17.9 Å². The fourth-order valence-corrected chi connectivity index (χ4v) is 4.95. The van der Waals surface area contributed by atoms with Gasteiger partial charge in [0.15, 0.2) is 0 Å². The van der Waals surface area contributed by atoms with Crippen LogP contribution in [0.3, 0.4) is 0 Å². The van der Waals surface area contributed by atoms with Crippen LogP contribution in [-0.4, -0.2) is 37.6 Å². The lowest BCUT2D eigenvalue weighted by Crippen LogP contribution is -2.28. The predicted molar refractivity (Wildman–Crippen MR) is 126 cm³/mol. The number of ether oxygens (including phenoxy) is 1. The number of hydrogen-bond acceptors (Lipinski definition) is 5. The number of aromatic nitrogens is 2. The average molecular weight is 466 g/mol. The minimum atomic E-state index is -3.98. The predicted octanol–water partition coefficient (Wildman–Crippen LogP) is 3.40. The summed E-state index contributed by atoms with van der Waals surface area (Å²) < 4.78 is 34.4. The molecule has 1 N–H and O–H groups in total. The highest BCUT2D eigenvalue weighted by Crippen LogP contribution is 2.25. The zero-order valence-electron chi connectivity index (χ0n) is 18.0. The van der Waals surface area contributed by atoms with E-state index in [1.165, 1.54) is 19.2 Å². The lowest BCUT2D eigenvalue weighted by molar-refractivity contribution is 0.0491. The largest absolute Gasteiger partial charge is 0.462 e. The van der Waals surface area contributed by atoms with Crippen LogP contribution in [-0.2, 0) is 21.3 Å². The molecule has 9 heteroatoms. The molecule has 4 rings (SSSR count). The third-order valence-electron chi connectivity index (χ3n) is 5.31. The number of nitrogens with one attached hydrogen (secondary N) is 1. The molecule has 0 atom stereocenters. The van der Waals surface area contributed by atoms with Crippen molar-refractivity contribution in [1.29, 1.82) is 0 Å². The highest BCUT2D eigenvalue weighted by molar-refractivity contribution is 7.92. The number of H-pyrrole nitrogens is 1. The molecule has 33 heavy (non-hydrogen) atoms. The highest BCUT2D eigenvalue weighted by atomic mass is 32.2. The van der Waals surface area contributed by atoms with Gasteiger partial charge in [0, 0.05) is 13.6 Å². The fourth-order valence-electron chi connectivity index (χ4n) is 3.58. The second kappa shape index (κ2) is 9.33. The van der Waals surface area contributed by atoms with Crippen molar-refractivity contribution >= 4 is 32.7 Å². The summed E-state index contributed by atoms with van der Waals surface area (Å²) in [5.41, 5.74) is 1.72. The Morgan fingerprint density at radius 2 is 1.64 bits per heavy atom. The average Bonchev–Trinajstić information content (AvgIpc) is 3.16. The van der Waals surface area contributed by atoms with Crippen molar-refractivity contribution in [3.8, 4) is 0 Å². The molecule has 0 bridgehead atoms. The van der Waals surface area contributed by atoms with Gasteiger partial charge in [-0.25, -0.2) is 18.0 Å². The zero-order chi connectivity index (χ0) is 23.4. The van der Waals surface area contributed by atoms with E-state index in [0.29, 0.717) is 18.7 Å². The van der Waals surface area contributed by atoms with Gasteiger partial charge >= 0.3 is 11.7 Å². The number of sulfonamides is 1. The number of anilines is 1. The molecule has 0 amide bonds. The molecule has 4 aromatic rings. The Labute approximate surface area is 191 Å². The Morgan fingerprint density at radius 3 is 2.42 bits per heavy atom. The molecule has 1 heterocycles. The van der Waals surface area contributed by atoms with Crippen molar-refractivity contribution in [1.82, 2.24) is 9.55 Å². The number of carbonyl (C=O) groups is 1. The number of aryl methyl sites for hydroxylation is 1. The topological polar surface area (TPSA) is 101 Å². The van der Waals surface area contributed by atoms with Gasteiger partial charge in [0.05, 0.1) is 28.9 Å². The third kappa shape index (κ3) is 4.54. The number of para-hydroxylation sites is 3. The van der Waals surface area contributed by atoms with Crippen molar-refractivity contribution in [3.05, 3.63) is 94.9 Å². The van der Waals surface area contributed by atoms with Crippen LogP contribution in [0, 0.1) is 0 Å². The van der Waals surface area contributed by atoms with Crippen LogP contribution in [0.15, 0.2) is 88.6 Å². The van der Waals surface area contributed by atoms with E-state index in [9.17, 15) is 18.0 Å². The maximum Gasteiger partial charge on any atom is 0.339 e. The van der Waals surface area contributed by atoms with Crippen LogP contribution in [0.1, 0.15) is 16.8 Å². The molecule has 0 aliphatic carbocycles. The number of fused-ring (bicyclic) bond motifs is 1. The highest BCUT2D eigenvalue weighted by Gasteiger charge is 2.27. The molecule has 0 aliphatic heterocycles. The second-order valence-corrected chi connectivity index (χ2v) is 9.33. The number of nitrogens with zero attached hydrogens (tertiary/aromatic N) is 2. The van der Waals surface area contributed by atoms with Crippen LogP contribution < -0.4 is 9.99 Å². The van der Waals surface area contributed by atoms with Crippen molar-refractivity contribution in [2.75, 3.05) is 18.0 Å². The maximum atomic E-state index is 13.2. The Kier molecular flexibility index (Phi) is 6.32. The van der Waals surface area contributed by atoms with Crippen LogP contribution in [0.5, 0.6) is 0 Å².